The second-order valence-electron chi connectivity index (χ2n) is 4.95. The minimum Gasteiger partial charge on any atom is -0.380 e. The van der Waals surface area contributed by atoms with E-state index in [0.717, 1.165) is 0 Å². The highest BCUT2D eigenvalue weighted by molar-refractivity contribution is 5.85. The Morgan fingerprint density at radius 1 is 1.30 bits per heavy atom. The molecule has 1 atom stereocenters. The molecule has 0 fully saturated rings. The standard InChI is InChI=1S/C15H24N2O2.ClH/c1-10-5-11(2)14(12(3)6-10)9-17-15(18)7-13(8-16)19-4;/h5-6,13H,7-9,16H2,1-4H3,(H,17,18);1H. The van der Waals surface area contributed by atoms with Crippen molar-refractivity contribution in [2.45, 2.75) is 39.8 Å². The Kier molecular flexibility index (Phi) is 8.46. The maximum absolute atomic E-state index is 11.8. The number of hydrogen-bond acceptors (Lipinski definition) is 3. The van der Waals surface area contributed by atoms with E-state index in [1.54, 1.807) is 7.11 Å². The number of nitrogens with one attached hydrogen (secondary N) is 1. The molecule has 4 nitrogen and oxygen atoms in total. The van der Waals surface area contributed by atoms with Crippen LogP contribution in [0.5, 0.6) is 0 Å². The molecular formula is C15H25ClN2O2. The molecule has 114 valence electrons. The number of hydrogen-bond donors (Lipinski definition) is 2. The molecular weight excluding hydrogens is 276 g/mol. The average Bonchev–Trinajstić information content (AvgIpc) is 2.34. The largest absolute Gasteiger partial charge is 0.380 e. The average molecular weight is 301 g/mol. The maximum Gasteiger partial charge on any atom is 0.222 e. The van der Waals surface area contributed by atoms with Gasteiger partial charge in [0.25, 0.3) is 0 Å². The van der Waals surface area contributed by atoms with Crippen LogP contribution < -0.4 is 11.1 Å². The number of nitrogens with two attached hydrogens (primary N) is 1. The van der Waals surface area contributed by atoms with Gasteiger partial charge in [-0.25, -0.2) is 0 Å². The van der Waals surface area contributed by atoms with Gasteiger partial charge in [0.2, 0.25) is 5.91 Å². The zero-order valence-corrected chi connectivity index (χ0v) is 13.5. The Bertz CT molecular complexity index is 422. The van der Waals surface area contributed by atoms with E-state index < -0.39 is 0 Å². The van der Waals surface area contributed by atoms with Crippen LogP contribution in [0.1, 0.15) is 28.7 Å². The van der Waals surface area contributed by atoms with Crippen molar-refractivity contribution in [3.63, 3.8) is 0 Å². The van der Waals surface area contributed by atoms with Crippen LogP contribution in [-0.2, 0) is 16.1 Å². The highest BCUT2D eigenvalue weighted by atomic mass is 35.5. The Labute approximate surface area is 127 Å². The van der Waals surface area contributed by atoms with Crippen LogP contribution in [0, 0.1) is 20.8 Å². The van der Waals surface area contributed by atoms with E-state index in [1.165, 1.54) is 22.3 Å². The van der Waals surface area contributed by atoms with E-state index in [2.05, 4.69) is 38.2 Å². The Morgan fingerprint density at radius 3 is 2.30 bits per heavy atom. The van der Waals surface area contributed by atoms with Gasteiger partial charge in [0.1, 0.15) is 0 Å². The first kappa shape index (κ1) is 18.9. The number of aryl methyl sites for hydroxylation is 3. The summed E-state index contributed by atoms with van der Waals surface area (Å²) in [5, 5.41) is 2.92. The minimum absolute atomic E-state index is 0. The van der Waals surface area contributed by atoms with Crippen molar-refractivity contribution < 1.29 is 9.53 Å². The number of ether oxygens (including phenoxy) is 1. The first-order chi connectivity index (χ1) is 8.97. The third kappa shape index (κ3) is 5.49. The van der Waals surface area contributed by atoms with Crippen LogP contribution in [0.3, 0.4) is 0 Å². The fourth-order valence-corrected chi connectivity index (χ4v) is 2.22. The summed E-state index contributed by atoms with van der Waals surface area (Å²) in [7, 11) is 1.57. The minimum atomic E-state index is -0.208. The van der Waals surface area contributed by atoms with Crippen LogP contribution in [0.25, 0.3) is 0 Å². The first-order valence-electron chi connectivity index (χ1n) is 6.54. The van der Waals surface area contributed by atoms with Crippen molar-refractivity contribution in [1.29, 1.82) is 0 Å². The lowest BCUT2D eigenvalue weighted by molar-refractivity contribution is -0.123. The lowest BCUT2D eigenvalue weighted by Gasteiger charge is -2.15. The molecule has 3 N–H and O–H groups in total. The third-order valence-corrected chi connectivity index (χ3v) is 3.31. The number of amides is 1. The highest BCUT2D eigenvalue weighted by Crippen LogP contribution is 2.16. The predicted molar refractivity (Wildman–Crippen MR) is 84.2 cm³/mol. The Balaban J connectivity index is 0.00000361. The van der Waals surface area contributed by atoms with Gasteiger partial charge in [0, 0.05) is 20.2 Å². The fourth-order valence-electron chi connectivity index (χ4n) is 2.22. The summed E-state index contributed by atoms with van der Waals surface area (Å²) in [4.78, 5) is 11.8. The fraction of sp³-hybridized carbons (Fsp3) is 0.533. The lowest BCUT2D eigenvalue weighted by Crippen LogP contribution is -2.32. The van der Waals surface area contributed by atoms with E-state index >= 15 is 0 Å². The molecule has 0 aliphatic carbocycles. The summed E-state index contributed by atoms with van der Waals surface area (Å²) in [5.74, 6) is -0.0309. The van der Waals surface area contributed by atoms with Crippen molar-refractivity contribution in [3.05, 3.63) is 34.4 Å². The maximum atomic E-state index is 11.8. The molecule has 0 aliphatic heterocycles. The number of rotatable bonds is 6. The number of methoxy groups -OCH3 is 1. The summed E-state index contributed by atoms with van der Waals surface area (Å²) >= 11 is 0. The molecule has 0 aromatic heterocycles. The van der Waals surface area contributed by atoms with E-state index in [1.807, 2.05) is 0 Å². The molecule has 1 unspecified atom stereocenters. The Hall–Kier alpha value is -1.10. The topological polar surface area (TPSA) is 64.3 Å². The molecule has 1 aromatic carbocycles. The summed E-state index contributed by atoms with van der Waals surface area (Å²) in [5.41, 5.74) is 10.3. The molecule has 0 saturated heterocycles. The summed E-state index contributed by atoms with van der Waals surface area (Å²) in [6, 6.07) is 4.26. The number of halogens is 1. The molecule has 0 spiro atoms. The second kappa shape index (κ2) is 8.95. The van der Waals surface area contributed by atoms with Crippen molar-refractivity contribution in [1.82, 2.24) is 5.32 Å². The normalized spacial score (nSPS) is 11.7. The Morgan fingerprint density at radius 2 is 1.85 bits per heavy atom. The van der Waals surface area contributed by atoms with Gasteiger partial charge in [-0.05, 0) is 37.5 Å². The van der Waals surface area contributed by atoms with Crippen molar-refractivity contribution in [3.8, 4) is 0 Å². The quantitative estimate of drug-likeness (QED) is 0.845. The first-order valence-corrected chi connectivity index (χ1v) is 6.54. The SMILES string of the molecule is COC(CN)CC(=O)NCc1c(C)cc(C)cc1C.Cl. The molecule has 1 aromatic rings. The molecule has 0 radical (unpaired) electrons. The molecule has 0 aliphatic rings. The van der Waals surface area contributed by atoms with E-state index in [-0.39, 0.29) is 24.4 Å². The number of carbonyl (C=O) groups excluding carboxylic acids is 1. The van der Waals surface area contributed by atoms with Gasteiger partial charge in [0.05, 0.1) is 12.5 Å². The molecule has 0 heterocycles. The van der Waals surface area contributed by atoms with Crippen LogP contribution in [0.15, 0.2) is 12.1 Å². The van der Waals surface area contributed by atoms with Crippen molar-refractivity contribution in [2.24, 2.45) is 5.73 Å². The predicted octanol–water partition coefficient (Wildman–Crippen LogP) is 2.01. The zero-order chi connectivity index (χ0) is 14.4. The monoisotopic (exact) mass is 300 g/mol. The lowest BCUT2D eigenvalue weighted by atomic mass is 10.00. The van der Waals surface area contributed by atoms with Crippen LogP contribution in [0.4, 0.5) is 0 Å². The van der Waals surface area contributed by atoms with Gasteiger partial charge < -0.3 is 15.8 Å². The van der Waals surface area contributed by atoms with Crippen molar-refractivity contribution >= 4 is 18.3 Å². The van der Waals surface area contributed by atoms with E-state index in [4.69, 9.17) is 10.5 Å². The third-order valence-electron chi connectivity index (χ3n) is 3.31. The smallest absolute Gasteiger partial charge is 0.222 e. The van der Waals surface area contributed by atoms with E-state index in [9.17, 15) is 4.79 Å². The molecule has 0 bridgehead atoms. The summed E-state index contributed by atoms with van der Waals surface area (Å²) in [6.45, 7) is 7.12. The number of benzene rings is 1. The summed E-state index contributed by atoms with van der Waals surface area (Å²) < 4.78 is 5.10. The highest BCUT2D eigenvalue weighted by Gasteiger charge is 2.12. The molecule has 0 saturated carbocycles. The van der Waals surface area contributed by atoms with Gasteiger partial charge in [-0.2, -0.15) is 0 Å². The van der Waals surface area contributed by atoms with Crippen LogP contribution in [-0.4, -0.2) is 25.7 Å². The molecule has 5 heteroatoms. The molecule has 1 rings (SSSR count). The van der Waals surface area contributed by atoms with E-state index in [0.29, 0.717) is 19.5 Å². The van der Waals surface area contributed by atoms with Gasteiger partial charge in [0.15, 0.2) is 0 Å². The second-order valence-corrected chi connectivity index (χ2v) is 4.95. The van der Waals surface area contributed by atoms with Crippen LogP contribution >= 0.6 is 12.4 Å². The van der Waals surface area contributed by atoms with Gasteiger partial charge in [-0.3, -0.25) is 4.79 Å². The molecule has 20 heavy (non-hydrogen) atoms. The van der Waals surface area contributed by atoms with Gasteiger partial charge in [-0.15, -0.1) is 12.4 Å². The van der Waals surface area contributed by atoms with Gasteiger partial charge in [-0.1, -0.05) is 17.7 Å². The van der Waals surface area contributed by atoms with Gasteiger partial charge >= 0.3 is 0 Å². The molecule has 1 amide bonds. The van der Waals surface area contributed by atoms with Crippen LogP contribution in [0.2, 0.25) is 0 Å². The summed E-state index contributed by atoms with van der Waals surface area (Å²) in [6.07, 6.45) is 0.0944. The number of carbonyl (C=O) groups is 1. The zero-order valence-electron chi connectivity index (χ0n) is 12.7. The van der Waals surface area contributed by atoms with Crippen molar-refractivity contribution in [2.75, 3.05) is 13.7 Å².